The normalized spacial score (nSPS) is 12.3. The lowest BCUT2D eigenvalue weighted by Gasteiger charge is -2.09. The number of fused-ring (bicyclic) bond motifs is 1. The van der Waals surface area contributed by atoms with Crippen molar-refractivity contribution < 1.29 is 29.4 Å². The van der Waals surface area contributed by atoms with E-state index >= 15 is 0 Å². The molecule has 3 rings (SSSR count). The molecule has 0 aliphatic carbocycles. The molecule has 0 atom stereocenters. The predicted octanol–water partition coefficient (Wildman–Crippen LogP) is 2.39. The number of hydrogen-bond donors (Lipinski definition) is 6. The minimum Gasteiger partial charge on any atom is -0.478 e. The molecule has 6 N–H and O–H groups in total. The van der Waals surface area contributed by atoms with Crippen LogP contribution in [0.5, 0.6) is 0 Å². The molecule has 11 nitrogen and oxygen atoms in total. The van der Waals surface area contributed by atoms with E-state index < -0.39 is 29.3 Å². The smallest absolute Gasteiger partial charge is 0.335 e. The molecule has 2 aromatic carbocycles. The van der Waals surface area contributed by atoms with Gasteiger partial charge in [-0.05, 0) is 36.4 Å². The summed E-state index contributed by atoms with van der Waals surface area (Å²) in [6.45, 7) is 4.88. The summed E-state index contributed by atoms with van der Waals surface area (Å²) in [4.78, 5) is 46.9. The van der Waals surface area contributed by atoms with Gasteiger partial charge in [-0.3, -0.25) is 15.0 Å². The Morgan fingerprint density at radius 3 is 2.10 bits per heavy atom. The summed E-state index contributed by atoms with van der Waals surface area (Å²) in [5.74, 6) is -3.58. The van der Waals surface area contributed by atoms with Crippen LogP contribution in [0.1, 0.15) is 27.6 Å². The first-order chi connectivity index (χ1) is 14.6. The molecule has 0 bridgehead atoms. The number of aromatic carboxylic acids is 2. The van der Waals surface area contributed by atoms with Crippen LogP contribution in [0.25, 0.3) is 0 Å². The van der Waals surface area contributed by atoms with Gasteiger partial charge in [-0.25, -0.2) is 9.59 Å². The third kappa shape index (κ3) is 4.85. The fourth-order valence-electron chi connectivity index (χ4n) is 2.73. The Morgan fingerprint density at radius 2 is 1.52 bits per heavy atom. The Bertz CT molecular complexity index is 1140. The number of anilines is 4. The number of Topliss-reactive ketones (excluding diaryl/α,β-unsaturated/α-hetero) is 1. The number of nitrogens with zero attached hydrogens (tertiary/aromatic N) is 1. The highest BCUT2D eigenvalue weighted by atomic mass is 16.4. The van der Waals surface area contributed by atoms with Gasteiger partial charge in [-0.15, -0.1) is 0 Å². The minimum atomic E-state index is -1.35. The third-order valence-electron chi connectivity index (χ3n) is 4.12. The Balaban J connectivity index is 1.82. The largest absolute Gasteiger partial charge is 0.478 e. The zero-order chi connectivity index (χ0) is 22.7. The molecule has 0 aromatic heterocycles. The fourth-order valence-corrected chi connectivity index (χ4v) is 2.73. The summed E-state index contributed by atoms with van der Waals surface area (Å²) in [6, 6.07) is 8.19. The second kappa shape index (κ2) is 8.37. The zero-order valence-corrected chi connectivity index (χ0v) is 16.1. The second-order valence-corrected chi connectivity index (χ2v) is 6.48. The predicted molar refractivity (Wildman–Crippen MR) is 114 cm³/mol. The molecule has 1 aliphatic heterocycles. The Morgan fingerprint density at radius 1 is 0.903 bits per heavy atom. The Kier molecular flexibility index (Phi) is 5.68. The molecule has 0 unspecified atom stereocenters. The van der Waals surface area contributed by atoms with E-state index in [0.717, 1.165) is 30.8 Å². The summed E-state index contributed by atoms with van der Waals surface area (Å²) in [5.41, 5.74) is 3.12. The SMILES string of the molecule is C=C1Nc2ccc(NC(=O)/C(=N\Nc3cc(C(=O)O)cc(C(=O)O)c3)C(C)=O)cc2N1. The maximum atomic E-state index is 12.5. The van der Waals surface area contributed by atoms with Crippen molar-refractivity contribution in [2.75, 3.05) is 21.4 Å². The highest BCUT2D eigenvalue weighted by Gasteiger charge is 2.19. The lowest BCUT2D eigenvalue weighted by Crippen LogP contribution is -2.29. The van der Waals surface area contributed by atoms with Crippen LogP contribution < -0.4 is 21.4 Å². The summed E-state index contributed by atoms with van der Waals surface area (Å²) >= 11 is 0. The number of ketones is 1. The number of rotatable bonds is 7. The number of hydrazone groups is 1. The van der Waals surface area contributed by atoms with Gasteiger partial charge in [0.2, 0.25) is 0 Å². The first-order valence-electron chi connectivity index (χ1n) is 8.78. The topological polar surface area (TPSA) is 169 Å². The summed E-state index contributed by atoms with van der Waals surface area (Å²) in [6.07, 6.45) is 0. The van der Waals surface area contributed by atoms with Gasteiger partial charge in [0.15, 0.2) is 11.5 Å². The van der Waals surface area contributed by atoms with Gasteiger partial charge in [0, 0.05) is 12.6 Å². The second-order valence-electron chi connectivity index (χ2n) is 6.48. The van der Waals surface area contributed by atoms with E-state index in [0.29, 0.717) is 17.2 Å². The van der Waals surface area contributed by atoms with Gasteiger partial charge in [0.1, 0.15) is 5.82 Å². The minimum absolute atomic E-state index is 0.0184. The summed E-state index contributed by atoms with van der Waals surface area (Å²) < 4.78 is 0. The van der Waals surface area contributed by atoms with E-state index in [9.17, 15) is 19.2 Å². The van der Waals surface area contributed by atoms with Crippen molar-refractivity contribution >= 4 is 52.1 Å². The summed E-state index contributed by atoms with van der Waals surface area (Å²) in [5, 5.41) is 30.5. The molecule has 0 saturated heterocycles. The molecule has 0 radical (unpaired) electrons. The van der Waals surface area contributed by atoms with E-state index in [1.165, 1.54) is 0 Å². The summed E-state index contributed by atoms with van der Waals surface area (Å²) in [7, 11) is 0. The van der Waals surface area contributed by atoms with Crippen molar-refractivity contribution in [1.29, 1.82) is 0 Å². The van der Waals surface area contributed by atoms with Crippen molar-refractivity contribution in [3.05, 3.63) is 59.9 Å². The quantitative estimate of drug-likeness (QED) is 0.222. The molecule has 2 aromatic rings. The Labute approximate surface area is 175 Å². The standard InChI is InChI=1S/C20H17N5O6/c1-9(26)17(18(27)23-13-3-4-15-16(8-13)22-10(2)21-15)25-24-14-6-11(19(28)29)5-12(7-14)20(30)31/h3-8,21-22,24H,2H2,1H3,(H,23,27)(H,28,29)(H,30,31)/b25-17-. The molecule has 0 saturated carbocycles. The molecule has 31 heavy (non-hydrogen) atoms. The number of carbonyl (C=O) groups is 4. The van der Waals surface area contributed by atoms with Crippen LogP contribution in [0.3, 0.4) is 0 Å². The van der Waals surface area contributed by atoms with E-state index in [1.807, 2.05) is 0 Å². The first-order valence-corrected chi connectivity index (χ1v) is 8.78. The van der Waals surface area contributed by atoms with Crippen LogP contribution in [0.15, 0.2) is 53.9 Å². The van der Waals surface area contributed by atoms with Gasteiger partial charge in [-0.2, -0.15) is 5.10 Å². The fraction of sp³-hybridized carbons (Fsp3) is 0.0500. The molecule has 1 aliphatic rings. The third-order valence-corrected chi connectivity index (χ3v) is 4.12. The molecule has 1 amide bonds. The number of nitrogens with one attached hydrogen (secondary N) is 4. The van der Waals surface area contributed by atoms with E-state index in [2.05, 4.69) is 33.1 Å². The van der Waals surface area contributed by atoms with Gasteiger partial charge in [0.25, 0.3) is 5.91 Å². The van der Waals surface area contributed by atoms with Crippen LogP contribution in [-0.4, -0.2) is 39.6 Å². The van der Waals surface area contributed by atoms with Crippen molar-refractivity contribution in [1.82, 2.24) is 0 Å². The number of hydrogen-bond acceptors (Lipinski definition) is 8. The lowest BCUT2D eigenvalue weighted by molar-refractivity contribution is -0.114. The lowest BCUT2D eigenvalue weighted by atomic mass is 10.1. The van der Waals surface area contributed by atoms with Crippen LogP contribution in [0, 0.1) is 0 Å². The molecule has 0 spiro atoms. The van der Waals surface area contributed by atoms with Crippen LogP contribution >= 0.6 is 0 Å². The molecule has 1 heterocycles. The maximum absolute atomic E-state index is 12.5. The van der Waals surface area contributed by atoms with Crippen LogP contribution in [-0.2, 0) is 9.59 Å². The van der Waals surface area contributed by atoms with Crippen molar-refractivity contribution in [2.24, 2.45) is 5.10 Å². The van der Waals surface area contributed by atoms with E-state index in [1.54, 1.807) is 18.2 Å². The van der Waals surface area contributed by atoms with Crippen LogP contribution in [0.4, 0.5) is 22.7 Å². The Hall–Kier alpha value is -4.67. The molecule has 0 fully saturated rings. The zero-order valence-electron chi connectivity index (χ0n) is 16.1. The van der Waals surface area contributed by atoms with Gasteiger partial charge in [-0.1, -0.05) is 6.58 Å². The van der Waals surface area contributed by atoms with E-state index in [4.69, 9.17) is 10.2 Å². The highest BCUT2D eigenvalue weighted by Crippen LogP contribution is 2.32. The molecular weight excluding hydrogens is 406 g/mol. The first kappa shape index (κ1) is 21.0. The molecule has 11 heteroatoms. The monoisotopic (exact) mass is 423 g/mol. The number of carboxylic acids is 2. The van der Waals surface area contributed by atoms with Gasteiger partial charge < -0.3 is 26.2 Å². The van der Waals surface area contributed by atoms with Crippen molar-refractivity contribution in [3.8, 4) is 0 Å². The molecular formula is C20H17N5O6. The number of carbonyl (C=O) groups excluding carboxylic acids is 2. The number of carboxylic acid groups (broad SMARTS) is 2. The maximum Gasteiger partial charge on any atom is 0.335 e. The highest BCUT2D eigenvalue weighted by molar-refractivity contribution is 6.67. The van der Waals surface area contributed by atoms with Crippen molar-refractivity contribution in [2.45, 2.75) is 6.92 Å². The van der Waals surface area contributed by atoms with Gasteiger partial charge in [0.05, 0.1) is 28.2 Å². The van der Waals surface area contributed by atoms with E-state index in [-0.39, 0.29) is 16.8 Å². The van der Waals surface area contributed by atoms with Crippen LogP contribution in [0.2, 0.25) is 0 Å². The average molecular weight is 423 g/mol. The van der Waals surface area contributed by atoms with Gasteiger partial charge >= 0.3 is 11.9 Å². The van der Waals surface area contributed by atoms with Crippen molar-refractivity contribution in [3.63, 3.8) is 0 Å². The average Bonchev–Trinajstić information content (AvgIpc) is 3.06. The number of benzene rings is 2. The number of amides is 1. The molecule has 158 valence electrons.